The van der Waals surface area contributed by atoms with Gasteiger partial charge in [-0.15, -0.1) is 0 Å². The summed E-state index contributed by atoms with van der Waals surface area (Å²) in [6.07, 6.45) is 1.63. The Balaban J connectivity index is 1.85. The molecule has 0 bridgehead atoms. The third-order valence-electron chi connectivity index (χ3n) is 4.06. The second-order valence-electron chi connectivity index (χ2n) is 5.61. The molecule has 6 heteroatoms. The van der Waals surface area contributed by atoms with E-state index in [4.69, 9.17) is 4.42 Å². The van der Waals surface area contributed by atoms with Crippen LogP contribution in [0.25, 0.3) is 0 Å². The zero-order valence-corrected chi connectivity index (χ0v) is 14.7. The summed E-state index contributed by atoms with van der Waals surface area (Å²) in [6.45, 7) is 6.21. The molecule has 2 rings (SSSR count). The topological polar surface area (TPSA) is 74.6 Å². The van der Waals surface area contributed by atoms with E-state index in [0.29, 0.717) is 12.1 Å². The summed E-state index contributed by atoms with van der Waals surface area (Å²) < 4.78 is 5.51. The summed E-state index contributed by atoms with van der Waals surface area (Å²) in [6, 6.07) is 12.5. The maximum absolute atomic E-state index is 12.1. The number of carbonyl (C=O) groups excluding carboxylic acids is 2. The number of nitrogens with one attached hydrogen (secondary N) is 2. The quantitative estimate of drug-likeness (QED) is 0.732. The van der Waals surface area contributed by atoms with Crippen molar-refractivity contribution in [2.45, 2.75) is 19.9 Å². The van der Waals surface area contributed by atoms with E-state index in [1.807, 2.05) is 18.2 Å². The molecule has 0 spiro atoms. The van der Waals surface area contributed by atoms with Gasteiger partial charge in [0.2, 0.25) is 5.91 Å². The van der Waals surface area contributed by atoms with Gasteiger partial charge < -0.3 is 15.1 Å². The molecular weight excluding hydrogens is 318 g/mol. The standard InChI is InChI=1S/C19H25N3O3/c1-3-22(4-2)16(17-11-8-12-25-17)13-20-18(23)14-21-19(24)15-9-6-5-7-10-15/h5-12,16H,3-4,13-14H2,1-2H3,(H,20,23)(H,21,24)/t16-/m1/s1. The first kappa shape index (κ1) is 18.7. The highest BCUT2D eigenvalue weighted by Gasteiger charge is 2.21. The van der Waals surface area contributed by atoms with Gasteiger partial charge in [-0.3, -0.25) is 14.5 Å². The molecule has 1 aromatic heterocycles. The van der Waals surface area contributed by atoms with Crippen molar-refractivity contribution >= 4 is 11.8 Å². The van der Waals surface area contributed by atoms with E-state index >= 15 is 0 Å². The van der Waals surface area contributed by atoms with Crippen LogP contribution in [-0.2, 0) is 4.79 Å². The van der Waals surface area contributed by atoms with E-state index in [2.05, 4.69) is 29.4 Å². The molecule has 0 unspecified atom stereocenters. The van der Waals surface area contributed by atoms with Crippen molar-refractivity contribution in [1.29, 1.82) is 0 Å². The number of benzene rings is 1. The molecule has 1 aromatic carbocycles. The lowest BCUT2D eigenvalue weighted by atomic mass is 10.2. The van der Waals surface area contributed by atoms with Crippen molar-refractivity contribution in [2.24, 2.45) is 0 Å². The molecule has 134 valence electrons. The second kappa shape index (κ2) is 9.64. The molecule has 0 saturated carbocycles. The Morgan fingerprint density at radius 2 is 1.76 bits per heavy atom. The van der Waals surface area contributed by atoms with Gasteiger partial charge in [-0.25, -0.2) is 0 Å². The van der Waals surface area contributed by atoms with Crippen LogP contribution in [0.1, 0.15) is 36.0 Å². The molecule has 2 N–H and O–H groups in total. The SMILES string of the molecule is CCN(CC)[C@H](CNC(=O)CNC(=O)c1ccccc1)c1ccco1. The highest BCUT2D eigenvalue weighted by molar-refractivity contribution is 5.96. The fourth-order valence-electron chi connectivity index (χ4n) is 2.68. The van der Waals surface area contributed by atoms with Gasteiger partial charge in [0.15, 0.2) is 0 Å². The van der Waals surface area contributed by atoms with E-state index < -0.39 is 0 Å². The number of likely N-dealkylation sites (N-methyl/N-ethyl adjacent to an activating group) is 1. The molecule has 6 nitrogen and oxygen atoms in total. The molecule has 0 fully saturated rings. The van der Waals surface area contributed by atoms with Crippen LogP contribution in [0, 0.1) is 0 Å². The number of hydrogen-bond donors (Lipinski definition) is 2. The minimum absolute atomic E-state index is 0.0289. The first-order valence-electron chi connectivity index (χ1n) is 8.53. The van der Waals surface area contributed by atoms with E-state index in [1.165, 1.54) is 0 Å². The van der Waals surface area contributed by atoms with Crippen molar-refractivity contribution in [1.82, 2.24) is 15.5 Å². The van der Waals surface area contributed by atoms with E-state index in [0.717, 1.165) is 18.8 Å². The summed E-state index contributed by atoms with van der Waals surface area (Å²) in [7, 11) is 0. The van der Waals surface area contributed by atoms with E-state index in [-0.39, 0.29) is 24.4 Å². The smallest absolute Gasteiger partial charge is 0.251 e. The number of nitrogens with zero attached hydrogens (tertiary/aromatic N) is 1. The Kier molecular flexibility index (Phi) is 7.22. The van der Waals surface area contributed by atoms with Crippen LogP contribution >= 0.6 is 0 Å². The average molecular weight is 343 g/mol. The molecular formula is C19H25N3O3. The lowest BCUT2D eigenvalue weighted by Crippen LogP contribution is -2.42. The largest absolute Gasteiger partial charge is 0.468 e. The maximum Gasteiger partial charge on any atom is 0.251 e. The predicted molar refractivity (Wildman–Crippen MR) is 96.2 cm³/mol. The van der Waals surface area contributed by atoms with E-state index in [1.54, 1.807) is 30.5 Å². The Morgan fingerprint density at radius 3 is 2.36 bits per heavy atom. The fourth-order valence-corrected chi connectivity index (χ4v) is 2.68. The van der Waals surface area contributed by atoms with Gasteiger partial charge >= 0.3 is 0 Å². The Morgan fingerprint density at radius 1 is 1.04 bits per heavy atom. The number of furan rings is 1. The zero-order valence-electron chi connectivity index (χ0n) is 14.7. The highest BCUT2D eigenvalue weighted by Crippen LogP contribution is 2.20. The molecule has 0 aliphatic heterocycles. The summed E-state index contributed by atoms with van der Waals surface area (Å²) in [5.41, 5.74) is 0.534. The molecule has 25 heavy (non-hydrogen) atoms. The number of carbonyl (C=O) groups is 2. The van der Waals surface area contributed by atoms with Crippen LogP contribution in [0.5, 0.6) is 0 Å². The Labute approximate surface area is 148 Å². The van der Waals surface area contributed by atoms with Crippen LogP contribution in [-0.4, -0.2) is 42.9 Å². The second-order valence-corrected chi connectivity index (χ2v) is 5.61. The van der Waals surface area contributed by atoms with Crippen LogP contribution < -0.4 is 10.6 Å². The van der Waals surface area contributed by atoms with Gasteiger partial charge in [0.05, 0.1) is 18.8 Å². The minimum atomic E-state index is -0.262. The van der Waals surface area contributed by atoms with Crippen LogP contribution in [0.3, 0.4) is 0 Å². The van der Waals surface area contributed by atoms with Gasteiger partial charge in [0, 0.05) is 12.1 Å². The van der Waals surface area contributed by atoms with Gasteiger partial charge in [0.1, 0.15) is 5.76 Å². The number of amides is 2. The summed E-state index contributed by atoms with van der Waals surface area (Å²) in [5, 5.41) is 5.50. The van der Waals surface area contributed by atoms with E-state index in [9.17, 15) is 9.59 Å². The third-order valence-corrected chi connectivity index (χ3v) is 4.06. The van der Waals surface area contributed by atoms with Crippen molar-refractivity contribution in [3.63, 3.8) is 0 Å². The predicted octanol–water partition coefficient (Wildman–Crippen LogP) is 2.21. The highest BCUT2D eigenvalue weighted by atomic mass is 16.3. The molecule has 2 aromatic rings. The van der Waals surface area contributed by atoms with Crippen LogP contribution in [0.2, 0.25) is 0 Å². The minimum Gasteiger partial charge on any atom is -0.468 e. The van der Waals surface area contributed by atoms with Crippen LogP contribution in [0.15, 0.2) is 53.1 Å². The zero-order chi connectivity index (χ0) is 18.1. The van der Waals surface area contributed by atoms with Crippen molar-refractivity contribution in [3.05, 3.63) is 60.1 Å². The maximum atomic E-state index is 12.1. The molecule has 0 saturated heterocycles. The molecule has 1 heterocycles. The van der Waals surface area contributed by atoms with Gasteiger partial charge in [0.25, 0.3) is 5.91 Å². The monoisotopic (exact) mass is 343 g/mol. The first-order chi connectivity index (χ1) is 12.2. The summed E-state index contributed by atoms with van der Waals surface area (Å²) >= 11 is 0. The number of hydrogen-bond acceptors (Lipinski definition) is 4. The lowest BCUT2D eigenvalue weighted by Gasteiger charge is -2.28. The van der Waals surface area contributed by atoms with Crippen molar-refractivity contribution in [2.75, 3.05) is 26.2 Å². The van der Waals surface area contributed by atoms with Gasteiger partial charge in [-0.1, -0.05) is 32.0 Å². The molecule has 0 aliphatic carbocycles. The average Bonchev–Trinajstić information content (AvgIpc) is 3.18. The fraction of sp³-hybridized carbons (Fsp3) is 0.368. The normalized spacial score (nSPS) is 12.0. The molecule has 0 radical (unpaired) electrons. The van der Waals surface area contributed by atoms with Gasteiger partial charge in [-0.2, -0.15) is 0 Å². The van der Waals surface area contributed by atoms with Crippen molar-refractivity contribution < 1.29 is 14.0 Å². The number of rotatable bonds is 9. The molecule has 2 amide bonds. The molecule has 0 aliphatic rings. The Hall–Kier alpha value is -2.60. The summed E-state index contributed by atoms with van der Waals surface area (Å²) in [5.74, 6) is 0.326. The summed E-state index contributed by atoms with van der Waals surface area (Å²) in [4.78, 5) is 26.2. The molecule has 1 atom stereocenters. The van der Waals surface area contributed by atoms with Gasteiger partial charge in [-0.05, 0) is 37.4 Å². The third kappa shape index (κ3) is 5.46. The first-order valence-corrected chi connectivity index (χ1v) is 8.53. The lowest BCUT2D eigenvalue weighted by molar-refractivity contribution is -0.120. The Bertz CT molecular complexity index is 652. The van der Waals surface area contributed by atoms with Crippen LogP contribution in [0.4, 0.5) is 0 Å². The van der Waals surface area contributed by atoms with Crippen molar-refractivity contribution in [3.8, 4) is 0 Å².